The Morgan fingerprint density at radius 3 is 2.52 bits per heavy atom. The molecule has 0 saturated heterocycles. The molecule has 0 spiro atoms. The molecule has 0 bridgehead atoms. The Balaban J connectivity index is 1.69. The molecule has 1 N–H and O–H groups in total. The fourth-order valence-electron chi connectivity index (χ4n) is 3.90. The van der Waals surface area contributed by atoms with Crippen LogP contribution >= 0.6 is 0 Å². The number of halogens is 1. The minimum atomic E-state index is -0.567. The molecule has 0 aliphatic heterocycles. The molecule has 1 fully saturated rings. The molecule has 0 radical (unpaired) electrons. The average molecular weight is 431 g/mol. The second kappa shape index (κ2) is 10.5. The van der Waals surface area contributed by atoms with Gasteiger partial charge in [-0.15, -0.1) is 10.2 Å². The molecule has 3 rings (SSSR count). The van der Waals surface area contributed by atoms with E-state index in [1.807, 2.05) is 0 Å². The molecular formula is C22H31FN6O2. The molecule has 168 valence electrons. The summed E-state index contributed by atoms with van der Waals surface area (Å²) < 4.78 is 13.1. The minimum Gasteiger partial charge on any atom is -0.354 e. The van der Waals surface area contributed by atoms with Crippen LogP contribution in [0.4, 0.5) is 4.39 Å². The van der Waals surface area contributed by atoms with Crippen molar-refractivity contribution >= 4 is 11.8 Å². The number of rotatable bonds is 9. The quantitative estimate of drug-likeness (QED) is 0.660. The summed E-state index contributed by atoms with van der Waals surface area (Å²) in [5, 5.41) is 15.2. The monoisotopic (exact) mass is 430 g/mol. The first-order valence-electron chi connectivity index (χ1n) is 11.0. The first-order valence-corrected chi connectivity index (χ1v) is 11.0. The lowest BCUT2D eigenvalue weighted by molar-refractivity contribution is -0.143. The number of benzene rings is 1. The van der Waals surface area contributed by atoms with Crippen molar-refractivity contribution in [1.82, 2.24) is 30.4 Å². The van der Waals surface area contributed by atoms with Gasteiger partial charge in [0.15, 0.2) is 0 Å². The Kier molecular flexibility index (Phi) is 7.70. The van der Waals surface area contributed by atoms with Gasteiger partial charge in [-0.3, -0.25) is 9.59 Å². The van der Waals surface area contributed by atoms with E-state index >= 15 is 0 Å². The Hall–Kier alpha value is -2.84. The number of nitrogens with zero attached hydrogens (tertiary/aromatic N) is 5. The predicted octanol–water partition coefficient (Wildman–Crippen LogP) is 2.80. The average Bonchev–Trinajstić information content (AvgIpc) is 3.41. The maximum absolute atomic E-state index is 13.2. The van der Waals surface area contributed by atoms with Crippen LogP contribution in [0.25, 0.3) is 11.4 Å². The highest BCUT2D eigenvalue weighted by molar-refractivity contribution is 5.87. The number of tetrazole rings is 1. The van der Waals surface area contributed by atoms with Crippen molar-refractivity contribution < 1.29 is 14.0 Å². The predicted molar refractivity (Wildman–Crippen MR) is 114 cm³/mol. The van der Waals surface area contributed by atoms with Crippen LogP contribution in [-0.4, -0.2) is 55.5 Å². The molecule has 0 unspecified atom stereocenters. The highest BCUT2D eigenvalue weighted by Gasteiger charge is 2.34. The number of hydrogen-bond donors (Lipinski definition) is 1. The fraction of sp³-hybridized carbons (Fsp3) is 0.591. The van der Waals surface area contributed by atoms with E-state index in [4.69, 9.17) is 0 Å². The van der Waals surface area contributed by atoms with Crippen molar-refractivity contribution in [1.29, 1.82) is 0 Å². The van der Waals surface area contributed by atoms with Crippen LogP contribution in [-0.2, 0) is 16.1 Å². The SMILES string of the molecule is CC(C)CCNC(=O)[C@H](C)N(C(=O)Cn1nnc(-c2ccc(F)cc2)n1)C1CCCC1. The number of nitrogens with one attached hydrogen (secondary N) is 1. The van der Waals surface area contributed by atoms with Crippen molar-refractivity contribution in [3.63, 3.8) is 0 Å². The molecule has 1 atom stereocenters. The molecule has 31 heavy (non-hydrogen) atoms. The van der Waals surface area contributed by atoms with Gasteiger partial charge in [-0.05, 0) is 61.6 Å². The lowest BCUT2D eigenvalue weighted by Gasteiger charge is -2.33. The standard InChI is InChI=1S/C22H31FN6O2/c1-15(2)12-13-24-22(31)16(3)29(19-6-4-5-7-19)20(30)14-28-26-21(25-27-28)17-8-10-18(23)11-9-17/h8-11,15-16,19H,4-7,12-14H2,1-3H3,(H,24,31)/t16-/m0/s1. The first-order chi connectivity index (χ1) is 14.8. The largest absolute Gasteiger partial charge is 0.354 e. The van der Waals surface area contributed by atoms with Crippen LogP contribution in [0.5, 0.6) is 0 Å². The van der Waals surface area contributed by atoms with E-state index in [0.29, 0.717) is 23.9 Å². The molecule has 1 aromatic carbocycles. The third-order valence-electron chi connectivity index (χ3n) is 5.66. The van der Waals surface area contributed by atoms with Crippen LogP contribution in [0.15, 0.2) is 24.3 Å². The van der Waals surface area contributed by atoms with Crippen molar-refractivity contribution in [3.8, 4) is 11.4 Å². The van der Waals surface area contributed by atoms with Gasteiger partial charge < -0.3 is 10.2 Å². The van der Waals surface area contributed by atoms with Crippen LogP contribution in [0.1, 0.15) is 52.9 Å². The Labute approximate surface area is 182 Å². The number of amides is 2. The maximum Gasteiger partial charge on any atom is 0.247 e. The van der Waals surface area contributed by atoms with Gasteiger partial charge in [0.2, 0.25) is 17.6 Å². The van der Waals surface area contributed by atoms with Crippen LogP contribution in [0, 0.1) is 11.7 Å². The summed E-state index contributed by atoms with van der Waals surface area (Å²) in [7, 11) is 0. The van der Waals surface area contributed by atoms with Crippen molar-refractivity contribution in [2.24, 2.45) is 5.92 Å². The molecule has 1 aromatic heterocycles. The van der Waals surface area contributed by atoms with Crippen LogP contribution < -0.4 is 5.32 Å². The van der Waals surface area contributed by atoms with E-state index < -0.39 is 6.04 Å². The highest BCUT2D eigenvalue weighted by atomic mass is 19.1. The second-order valence-corrected chi connectivity index (χ2v) is 8.54. The molecule has 2 amide bonds. The first kappa shape index (κ1) is 22.8. The highest BCUT2D eigenvalue weighted by Crippen LogP contribution is 2.26. The lowest BCUT2D eigenvalue weighted by atomic mass is 10.1. The third-order valence-corrected chi connectivity index (χ3v) is 5.66. The van der Waals surface area contributed by atoms with E-state index in [-0.39, 0.29) is 30.2 Å². The van der Waals surface area contributed by atoms with Gasteiger partial charge >= 0.3 is 0 Å². The summed E-state index contributed by atoms with van der Waals surface area (Å²) in [5.74, 6) is 0.122. The Morgan fingerprint density at radius 2 is 1.87 bits per heavy atom. The fourth-order valence-corrected chi connectivity index (χ4v) is 3.90. The molecule has 1 heterocycles. The summed E-state index contributed by atoms with van der Waals surface area (Å²) in [4.78, 5) is 28.8. The van der Waals surface area contributed by atoms with Gasteiger partial charge in [0, 0.05) is 18.2 Å². The summed E-state index contributed by atoms with van der Waals surface area (Å²) in [6.45, 7) is 6.48. The minimum absolute atomic E-state index is 0.0402. The molecule has 8 nitrogen and oxygen atoms in total. The maximum atomic E-state index is 13.2. The second-order valence-electron chi connectivity index (χ2n) is 8.54. The van der Waals surface area contributed by atoms with Crippen molar-refractivity contribution in [2.75, 3.05) is 6.54 Å². The zero-order valence-electron chi connectivity index (χ0n) is 18.4. The molecule has 9 heteroatoms. The van der Waals surface area contributed by atoms with E-state index in [9.17, 15) is 14.0 Å². The van der Waals surface area contributed by atoms with E-state index in [0.717, 1.165) is 32.1 Å². The van der Waals surface area contributed by atoms with E-state index in [1.165, 1.54) is 16.9 Å². The summed E-state index contributed by atoms with van der Waals surface area (Å²) in [5.41, 5.74) is 0.616. The molecule has 1 aliphatic rings. The molecular weight excluding hydrogens is 399 g/mol. The molecule has 1 saturated carbocycles. The number of hydrogen-bond acceptors (Lipinski definition) is 5. The van der Waals surface area contributed by atoms with Gasteiger partial charge in [0.1, 0.15) is 18.4 Å². The number of carbonyl (C=O) groups excluding carboxylic acids is 2. The summed E-state index contributed by atoms with van der Waals surface area (Å²) in [6.07, 6.45) is 4.77. The van der Waals surface area contributed by atoms with E-state index in [1.54, 1.807) is 24.0 Å². The normalized spacial score (nSPS) is 15.3. The molecule has 2 aromatic rings. The Morgan fingerprint density at radius 1 is 1.19 bits per heavy atom. The number of aromatic nitrogens is 4. The van der Waals surface area contributed by atoms with Gasteiger partial charge in [0.05, 0.1) is 0 Å². The molecule has 1 aliphatic carbocycles. The van der Waals surface area contributed by atoms with Crippen LogP contribution in [0.2, 0.25) is 0 Å². The number of carbonyl (C=O) groups is 2. The zero-order valence-corrected chi connectivity index (χ0v) is 18.4. The summed E-state index contributed by atoms with van der Waals surface area (Å²) >= 11 is 0. The zero-order chi connectivity index (χ0) is 22.4. The van der Waals surface area contributed by atoms with Crippen LogP contribution in [0.3, 0.4) is 0 Å². The van der Waals surface area contributed by atoms with Crippen molar-refractivity contribution in [2.45, 2.75) is 71.5 Å². The smallest absolute Gasteiger partial charge is 0.247 e. The van der Waals surface area contributed by atoms with E-state index in [2.05, 4.69) is 34.6 Å². The topological polar surface area (TPSA) is 93.0 Å². The van der Waals surface area contributed by atoms with Gasteiger partial charge in [-0.2, -0.15) is 4.80 Å². The lowest BCUT2D eigenvalue weighted by Crippen LogP contribution is -2.53. The summed E-state index contributed by atoms with van der Waals surface area (Å²) in [6, 6.07) is 5.24. The van der Waals surface area contributed by atoms with Crippen molar-refractivity contribution in [3.05, 3.63) is 30.1 Å². The third kappa shape index (κ3) is 6.08. The Bertz CT molecular complexity index is 876. The van der Waals surface area contributed by atoms with Gasteiger partial charge in [0.25, 0.3) is 0 Å². The van der Waals surface area contributed by atoms with Gasteiger partial charge in [-0.1, -0.05) is 26.7 Å². The van der Waals surface area contributed by atoms with Gasteiger partial charge in [-0.25, -0.2) is 4.39 Å².